The summed E-state index contributed by atoms with van der Waals surface area (Å²) in [5.41, 5.74) is 4.46. The van der Waals surface area contributed by atoms with Crippen molar-refractivity contribution in [2.45, 2.75) is 19.3 Å². The van der Waals surface area contributed by atoms with Crippen LogP contribution in [0.3, 0.4) is 0 Å². The Bertz CT molecular complexity index is 888. The number of allylic oxidation sites excluding steroid dienone is 2. The molecule has 0 saturated heterocycles. The average Bonchev–Trinajstić information content (AvgIpc) is 2.63. The molecule has 0 unspecified atom stereocenters. The van der Waals surface area contributed by atoms with Gasteiger partial charge in [-0.05, 0) is 23.3 Å². The quantitative estimate of drug-likeness (QED) is 0.890. The first kappa shape index (κ1) is 16.9. The lowest BCUT2D eigenvalue weighted by atomic mass is 9.83. The Labute approximate surface area is 148 Å². The summed E-state index contributed by atoms with van der Waals surface area (Å²) in [4.78, 5) is 16.7. The third kappa shape index (κ3) is 3.45. The monoisotopic (exact) mass is 330 g/mol. The van der Waals surface area contributed by atoms with Crippen LogP contribution < -0.4 is 5.32 Å². The number of fused-ring (bicyclic) bond motifs is 1. The van der Waals surface area contributed by atoms with E-state index < -0.39 is 0 Å². The van der Waals surface area contributed by atoms with Gasteiger partial charge in [-0.15, -0.1) is 0 Å². The molecule has 0 fully saturated rings. The van der Waals surface area contributed by atoms with Crippen LogP contribution in [0.15, 0.2) is 71.9 Å². The van der Waals surface area contributed by atoms with Gasteiger partial charge in [-0.3, -0.25) is 9.79 Å². The number of benzene rings is 2. The van der Waals surface area contributed by atoms with E-state index in [0.717, 1.165) is 16.8 Å². The minimum absolute atomic E-state index is 0.0585. The highest BCUT2D eigenvalue weighted by Crippen LogP contribution is 2.31. The first-order valence-electron chi connectivity index (χ1n) is 8.37. The Morgan fingerprint density at radius 1 is 1.00 bits per heavy atom. The molecule has 2 aromatic carbocycles. The Morgan fingerprint density at radius 2 is 1.72 bits per heavy atom. The summed E-state index contributed by atoms with van der Waals surface area (Å²) in [7, 11) is 1.92. The van der Waals surface area contributed by atoms with Gasteiger partial charge in [0.1, 0.15) is 5.71 Å². The van der Waals surface area contributed by atoms with E-state index in [2.05, 4.69) is 36.3 Å². The van der Waals surface area contributed by atoms with E-state index in [9.17, 15) is 4.79 Å². The summed E-state index contributed by atoms with van der Waals surface area (Å²) in [6, 6.07) is 16.0. The second-order valence-corrected chi connectivity index (χ2v) is 6.60. The zero-order chi connectivity index (χ0) is 17.9. The molecule has 0 saturated carbocycles. The van der Waals surface area contributed by atoms with Crippen molar-refractivity contribution in [1.82, 2.24) is 0 Å². The zero-order valence-corrected chi connectivity index (χ0v) is 14.8. The number of hydrogen-bond acceptors (Lipinski definition) is 3. The predicted molar refractivity (Wildman–Crippen MR) is 105 cm³/mol. The van der Waals surface area contributed by atoms with Gasteiger partial charge < -0.3 is 5.32 Å². The smallest absolute Gasteiger partial charge is 0.204 e. The van der Waals surface area contributed by atoms with Crippen LogP contribution in [-0.2, 0) is 10.2 Å². The maximum absolute atomic E-state index is 12.2. The van der Waals surface area contributed by atoms with E-state index >= 15 is 0 Å². The third-order valence-corrected chi connectivity index (χ3v) is 4.45. The van der Waals surface area contributed by atoms with Crippen molar-refractivity contribution in [2.24, 2.45) is 4.99 Å². The number of nitrogens with one attached hydrogen (secondary N) is 1. The normalized spacial score (nSPS) is 15.6. The Morgan fingerprint density at radius 3 is 2.52 bits per heavy atom. The van der Waals surface area contributed by atoms with Gasteiger partial charge in [0.25, 0.3) is 0 Å². The molecule has 1 N–H and O–H groups in total. The highest BCUT2D eigenvalue weighted by atomic mass is 16.1. The molecule has 3 rings (SSSR count). The fourth-order valence-corrected chi connectivity index (χ4v) is 3.02. The molecule has 1 aliphatic carbocycles. The molecule has 3 heteroatoms. The summed E-state index contributed by atoms with van der Waals surface area (Å²) in [6.07, 6.45) is 7.20. The molecule has 0 aliphatic heterocycles. The Balaban J connectivity index is 1.93. The summed E-state index contributed by atoms with van der Waals surface area (Å²) < 4.78 is 0. The predicted octanol–water partition coefficient (Wildman–Crippen LogP) is 4.60. The van der Waals surface area contributed by atoms with Crippen LogP contribution in [0.2, 0.25) is 0 Å². The SMILES string of the molecule is CNc1ccccc1C(C)(C)/C=C/N=C1\C(=O)C=Cc2ccccc21. The molecule has 3 nitrogen and oxygen atoms in total. The van der Waals surface area contributed by atoms with E-state index in [1.165, 1.54) is 5.56 Å². The maximum Gasteiger partial charge on any atom is 0.204 e. The van der Waals surface area contributed by atoms with Gasteiger partial charge in [-0.25, -0.2) is 0 Å². The number of nitrogens with zero attached hydrogens (tertiary/aromatic N) is 1. The minimum atomic E-state index is -0.212. The minimum Gasteiger partial charge on any atom is -0.388 e. The fraction of sp³-hybridized carbons (Fsp3) is 0.182. The maximum atomic E-state index is 12.2. The summed E-state index contributed by atoms with van der Waals surface area (Å²) >= 11 is 0. The molecule has 25 heavy (non-hydrogen) atoms. The molecule has 0 heterocycles. The van der Waals surface area contributed by atoms with Crippen LogP contribution in [0.5, 0.6) is 0 Å². The zero-order valence-electron chi connectivity index (χ0n) is 14.8. The molecule has 0 radical (unpaired) electrons. The van der Waals surface area contributed by atoms with Crippen LogP contribution in [0.4, 0.5) is 5.69 Å². The molecule has 126 valence electrons. The summed E-state index contributed by atoms with van der Waals surface area (Å²) in [5.74, 6) is -0.0585. The van der Waals surface area contributed by atoms with Gasteiger partial charge >= 0.3 is 0 Å². The van der Waals surface area contributed by atoms with Crippen LogP contribution in [-0.4, -0.2) is 18.5 Å². The molecule has 1 aliphatic rings. The lowest BCUT2D eigenvalue weighted by Gasteiger charge is -2.23. The van der Waals surface area contributed by atoms with Crippen molar-refractivity contribution in [3.63, 3.8) is 0 Å². The first-order valence-corrected chi connectivity index (χ1v) is 8.37. The number of carbonyl (C=O) groups excluding carboxylic acids is 1. The highest BCUT2D eigenvalue weighted by Gasteiger charge is 2.21. The lowest BCUT2D eigenvalue weighted by Crippen LogP contribution is -2.18. The third-order valence-electron chi connectivity index (χ3n) is 4.45. The second-order valence-electron chi connectivity index (χ2n) is 6.60. The van der Waals surface area contributed by atoms with Gasteiger partial charge in [-0.2, -0.15) is 0 Å². The first-order chi connectivity index (χ1) is 12.0. The van der Waals surface area contributed by atoms with Crippen molar-refractivity contribution in [3.05, 3.63) is 83.6 Å². The number of ketones is 1. The largest absolute Gasteiger partial charge is 0.388 e. The van der Waals surface area contributed by atoms with Gasteiger partial charge in [-0.1, -0.05) is 68.5 Å². The van der Waals surface area contributed by atoms with Crippen LogP contribution in [0.25, 0.3) is 6.08 Å². The number of para-hydroxylation sites is 1. The van der Waals surface area contributed by atoms with Gasteiger partial charge in [0, 0.05) is 29.9 Å². The van der Waals surface area contributed by atoms with Crippen LogP contribution >= 0.6 is 0 Å². The van der Waals surface area contributed by atoms with Crippen molar-refractivity contribution < 1.29 is 4.79 Å². The molecular weight excluding hydrogens is 308 g/mol. The summed E-state index contributed by atoms with van der Waals surface area (Å²) in [6.45, 7) is 4.27. The number of hydrogen-bond donors (Lipinski definition) is 1. The Kier molecular flexibility index (Phi) is 4.66. The topological polar surface area (TPSA) is 41.5 Å². The molecule has 2 aromatic rings. The number of aliphatic imine (C=N–C) groups is 1. The van der Waals surface area contributed by atoms with Gasteiger partial charge in [0.2, 0.25) is 5.78 Å². The molecular formula is C22H22N2O. The van der Waals surface area contributed by atoms with E-state index in [1.807, 2.05) is 55.6 Å². The van der Waals surface area contributed by atoms with Crippen LogP contribution in [0.1, 0.15) is 30.5 Å². The molecule has 0 aromatic heterocycles. The van der Waals surface area contributed by atoms with E-state index in [4.69, 9.17) is 0 Å². The van der Waals surface area contributed by atoms with Crippen molar-refractivity contribution in [3.8, 4) is 0 Å². The van der Waals surface area contributed by atoms with E-state index in [1.54, 1.807) is 12.3 Å². The molecule has 0 atom stereocenters. The average molecular weight is 330 g/mol. The standard InChI is InChI=1S/C22H22N2O/c1-22(2,18-10-6-7-11-19(18)23-3)14-15-24-21-17-9-5-4-8-16(17)12-13-20(21)25/h4-15,23H,1-3H3/b15-14+,24-21-. The summed E-state index contributed by atoms with van der Waals surface area (Å²) in [5, 5.41) is 3.23. The second kappa shape index (κ2) is 6.89. The van der Waals surface area contributed by atoms with Gasteiger partial charge in [0.05, 0.1) is 0 Å². The lowest BCUT2D eigenvalue weighted by molar-refractivity contribution is -0.108. The molecule has 0 bridgehead atoms. The van der Waals surface area contributed by atoms with Crippen molar-refractivity contribution >= 4 is 23.3 Å². The number of rotatable bonds is 4. The molecule has 0 amide bonds. The number of carbonyl (C=O) groups is 1. The van der Waals surface area contributed by atoms with Crippen molar-refractivity contribution in [2.75, 3.05) is 12.4 Å². The van der Waals surface area contributed by atoms with E-state index in [-0.39, 0.29) is 11.2 Å². The van der Waals surface area contributed by atoms with E-state index in [0.29, 0.717) is 5.71 Å². The molecule has 0 spiro atoms. The van der Waals surface area contributed by atoms with Crippen molar-refractivity contribution in [1.29, 1.82) is 0 Å². The fourth-order valence-electron chi connectivity index (χ4n) is 3.02. The van der Waals surface area contributed by atoms with Crippen LogP contribution in [0, 0.1) is 0 Å². The highest BCUT2D eigenvalue weighted by molar-refractivity contribution is 6.52. The number of anilines is 1. The Hall–Kier alpha value is -2.94. The van der Waals surface area contributed by atoms with Gasteiger partial charge in [0.15, 0.2) is 0 Å².